The number of amidine groups is 1. The Bertz CT molecular complexity index is 607. The summed E-state index contributed by atoms with van der Waals surface area (Å²) in [7, 11) is 0. The zero-order chi connectivity index (χ0) is 16.4. The lowest BCUT2D eigenvalue weighted by Gasteiger charge is -2.02. The van der Waals surface area contributed by atoms with Crippen molar-refractivity contribution in [1.29, 1.82) is 0 Å². The number of carbonyl (C=O) groups is 1. The summed E-state index contributed by atoms with van der Waals surface area (Å²) in [5.41, 5.74) is 7.26. The molecular formula is C18H22N2OS. The summed E-state index contributed by atoms with van der Waals surface area (Å²) in [6, 6.07) is 16.9. The van der Waals surface area contributed by atoms with Crippen LogP contribution in [0.5, 0.6) is 0 Å². The van der Waals surface area contributed by atoms with Crippen LogP contribution in [0.3, 0.4) is 0 Å². The van der Waals surface area contributed by atoms with Crippen LogP contribution in [0.25, 0.3) is 0 Å². The van der Waals surface area contributed by atoms with Crippen LogP contribution in [0.15, 0.2) is 64.5 Å². The molecule has 0 heterocycles. The number of benzene rings is 2. The molecule has 0 unspecified atom stereocenters. The van der Waals surface area contributed by atoms with Crippen LogP contribution in [0.4, 0.5) is 5.69 Å². The van der Waals surface area contributed by atoms with Crippen LogP contribution in [-0.2, 0) is 0 Å². The zero-order valence-electron chi connectivity index (χ0n) is 13.2. The van der Waals surface area contributed by atoms with E-state index in [1.54, 1.807) is 23.9 Å². The maximum absolute atomic E-state index is 12.0. The van der Waals surface area contributed by atoms with Gasteiger partial charge in [0.15, 0.2) is 5.78 Å². The molecule has 0 saturated heterocycles. The summed E-state index contributed by atoms with van der Waals surface area (Å²) in [6.45, 7) is 4.00. The molecule has 0 atom stereocenters. The first-order valence-corrected chi connectivity index (χ1v) is 8.47. The molecule has 0 aliphatic heterocycles. The van der Waals surface area contributed by atoms with Crippen molar-refractivity contribution in [2.24, 2.45) is 10.7 Å². The van der Waals surface area contributed by atoms with E-state index in [0.717, 1.165) is 5.69 Å². The van der Waals surface area contributed by atoms with Crippen molar-refractivity contribution >= 4 is 29.1 Å². The van der Waals surface area contributed by atoms with E-state index in [-0.39, 0.29) is 12.2 Å². The molecule has 0 aromatic heterocycles. The summed E-state index contributed by atoms with van der Waals surface area (Å²) >= 11 is 1.67. The average Bonchev–Trinajstić information content (AvgIpc) is 2.58. The van der Waals surface area contributed by atoms with Crippen molar-refractivity contribution in [1.82, 2.24) is 0 Å². The zero-order valence-corrected chi connectivity index (χ0v) is 14.1. The Kier molecular flexibility index (Phi) is 8.00. The molecule has 0 radical (unpaired) electrons. The molecular weight excluding hydrogens is 292 g/mol. The standard InChI is InChI=1S/C16H16N2OS.C2H6/c1-20-14-9-7-13(8-10-14)18-16(17)11-15(19)12-5-3-2-4-6-12;1-2/h2-10H,11H2,1H3,(H2,17,18);1-2H3. The number of ketones is 1. The fourth-order valence-corrected chi connectivity index (χ4v) is 2.16. The van der Waals surface area contributed by atoms with Crippen LogP contribution in [0, 0.1) is 0 Å². The minimum atomic E-state index is -0.0208. The molecule has 4 heteroatoms. The van der Waals surface area contributed by atoms with Crippen molar-refractivity contribution in [2.75, 3.05) is 6.26 Å². The summed E-state index contributed by atoms with van der Waals surface area (Å²) in [6.07, 6.45) is 2.15. The van der Waals surface area contributed by atoms with Gasteiger partial charge in [0.2, 0.25) is 0 Å². The van der Waals surface area contributed by atoms with Crippen molar-refractivity contribution < 1.29 is 4.79 Å². The number of hydrogen-bond acceptors (Lipinski definition) is 3. The van der Waals surface area contributed by atoms with Gasteiger partial charge in [-0.1, -0.05) is 44.2 Å². The van der Waals surface area contributed by atoms with Crippen molar-refractivity contribution in [3.63, 3.8) is 0 Å². The third-order valence-electron chi connectivity index (χ3n) is 2.78. The second kappa shape index (κ2) is 9.79. The van der Waals surface area contributed by atoms with E-state index >= 15 is 0 Å². The molecule has 0 amide bonds. The first-order chi connectivity index (χ1) is 10.7. The molecule has 3 nitrogen and oxygen atoms in total. The predicted molar refractivity (Wildman–Crippen MR) is 96.2 cm³/mol. The highest BCUT2D eigenvalue weighted by atomic mass is 32.2. The fraction of sp³-hybridized carbons (Fsp3) is 0.222. The number of Topliss-reactive ketones (excluding diaryl/α,β-unsaturated/α-hetero) is 1. The number of aliphatic imine (C=N–C) groups is 1. The van der Waals surface area contributed by atoms with E-state index in [9.17, 15) is 4.79 Å². The number of nitrogens with two attached hydrogens (primary N) is 1. The van der Waals surface area contributed by atoms with Gasteiger partial charge in [0.05, 0.1) is 12.1 Å². The fourth-order valence-electron chi connectivity index (χ4n) is 1.75. The maximum Gasteiger partial charge on any atom is 0.170 e. The third kappa shape index (κ3) is 5.74. The van der Waals surface area contributed by atoms with Gasteiger partial charge in [-0.3, -0.25) is 4.79 Å². The molecule has 0 bridgehead atoms. The van der Waals surface area contributed by atoms with Gasteiger partial charge in [0.1, 0.15) is 5.84 Å². The molecule has 2 aromatic carbocycles. The second-order valence-corrected chi connectivity index (χ2v) is 5.15. The predicted octanol–water partition coefficient (Wildman–Crippen LogP) is 4.70. The van der Waals surface area contributed by atoms with Gasteiger partial charge >= 0.3 is 0 Å². The number of carbonyl (C=O) groups excluding carboxylic acids is 1. The Hall–Kier alpha value is -2.07. The highest BCUT2D eigenvalue weighted by Crippen LogP contribution is 2.19. The molecule has 0 saturated carbocycles. The van der Waals surface area contributed by atoms with Crippen LogP contribution >= 0.6 is 11.8 Å². The lowest BCUT2D eigenvalue weighted by Crippen LogP contribution is -2.16. The molecule has 22 heavy (non-hydrogen) atoms. The number of rotatable bonds is 5. The normalized spacial score (nSPS) is 10.6. The SMILES string of the molecule is CC.CSc1ccc(N=C(N)CC(=O)c2ccccc2)cc1. The van der Waals surface area contributed by atoms with Crippen LogP contribution in [0.2, 0.25) is 0 Å². The van der Waals surface area contributed by atoms with Gasteiger partial charge in [-0.2, -0.15) is 0 Å². The molecule has 0 fully saturated rings. The topological polar surface area (TPSA) is 55.4 Å². The third-order valence-corrected chi connectivity index (χ3v) is 3.53. The van der Waals surface area contributed by atoms with Gasteiger partial charge in [-0.05, 0) is 30.5 Å². The van der Waals surface area contributed by atoms with E-state index < -0.39 is 0 Å². The lowest BCUT2D eigenvalue weighted by molar-refractivity contribution is 0.100. The second-order valence-electron chi connectivity index (χ2n) is 4.27. The van der Waals surface area contributed by atoms with E-state index in [0.29, 0.717) is 11.4 Å². The summed E-state index contributed by atoms with van der Waals surface area (Å²) in [5, 5.41) is 0. The monoisotopic (exact) mass is 314 g/mol. The molecule has 116 valence electrons. The highest BCUT2D eigenvalue weighted by Gasteiger charge is 2.07. The van der Waals surface area contributed by atoms with Crippen LogP contribution in [0.1, 0.15) is 30.6 Å². The van der Waals surface area contributed by atoms with Crippen molar-refractivity contribution in [3.05, 3.63) is 60.2 Å². The molecule has 0 aliphatic carbocycles. The van der Waals surface area contributed by atoms with E-state index in [2.05, 4.69) is 4.99 Å². The quantitative estimate of drug-likeness (QED) is 0.377. The Morgan fingerprint density at radius 3 is 2.18 bits per heavy atom. The first kappa shape index (κ1) is 18.0. The largest absolute Gasteiger partial charge is 0.387 e. The van der Waals surface area contributed by atoms with Crippen LogP contribution in [-0.4, -0.2) is 17.9 Å². The minimum absolute atomic E-state index is 0.0208. The molecule has 2 N–H and O–H groups in total. The molecule has 2 rings (SSSR count). The van der Waals surface area contributed by atoms with Crippen molar-refractivity contribution in [3.8, 4) is 0 Å². The smallest absolute Gasteiger partial charge is 0.170 e. The van der Waals surface area contributed by atoms with E-state index in [1.165, 1.54) is 4.90 Å². The van der Waals surface area contributed by atoms with Gasteiger partial charge in [-0.25, -0.2) is 4.99 Å². The van der Waals surface area contributed by atoms with E-state index in [1.807, 2.05) is 62.6 Å². The molecule has 0 aliphatic rings. The van der Waals surface area contributed by atoms with E-state index in [4.69, 9.17) is 5.73 Å². The summed E-state index contributed by atoms with van der Waals surface area (Å²) in [4.78, 5) is 17.4. The number of nitrogens with zero attached hydrogens (tertiary/aromatic N) is 1. The summed E-state index contributed by atoms with van der Waals surface area (Å²) < 4.78 is 0. The Labute approximate surface area is 136 Å². The Balaban J connectivity index is 0.00000116. The maximum atomic E-state index is 12.0. The lowest BCUT2D eigenvalue weighted by atomic mass is 10.1. The minimum Gasteiger partial charge on any atom is -0.387 e. The van der Waals surface area contributed by atoms with Gasteiger partial charge in [-0.15, -0.1) is 11.8 Å². The van der Waals surface area contributed by atoms with Crippen LogP contribution < -0.4 is 5.73 Å². The van der Waals surface area contributed by atoms with Gasteiger partial charge < -0.3 is 5.73 Å². The highest BCUT2D eigenvalue weighted by molar-refractivity contribution is 7.98. The average molecular weight is 314 g/mol. The van der Waals surface area contributed by atoms with Gasteiger partial charge in [0.25, 0.3) is 0 Å². The van der Waals surface area contributed by atoms with Crippen molar-refractivity contribution in [2.45, 2.75) is 25.2 Å². The van der Waals surface area contributed by atoms with Gasteiger partial charge in [0, 0.05) is 10.5 Å². The summed E-state index contributed by atoms with van der Waals surface area (Å²) in [5.74, 6) is 0.309. The number of hydrogen-bond donors (Lipinski definition) is 1. The molecule has 0 spiro atoms. The Morgan fingerprint density at radius 2 is 1.64 bits per heavy atom. The number of thioether (sulfide) groups is 1. The first-order valence-electron chi connectivity index (χ1n) is 7.24. The molecule has 2 aromatic rings. The Morgan fingerprint density at radius 1 is 1.05 bits per heavy atom.